The van der Waals surface area contributed by atoms with Gasteiger partial charge in [0, 0.05) is 0 Å². The van der Waals surface area contributed by atoms with E-state index in [1.807, 2.05) is 36.4 Å². The highest BCUT2D eigenvalue weighted by atomic mass is 16.5. The number of rotatable bonds is 4. The van der Waals surface area contributed by atoms with Crippen molar-refractivity contribution in [2.45, 2.75) is 25.7 Å². The van der Waals surface area contributed by atoms with Crippen molar-refractivity contribution in [1.29, 1.82) is 0 Å². The van der Waals surface area contributed by atoms with Crippen molar-refractivity contribution in [1.82, 2.24) is 0 Å². The SMILES string of the molecule is COC(=O)c1ccc(-c2ccc3cc4c(cc3c2)C(c2ccc(OC)cc2)=CCC4(C)C)cc1. The summed E-state index contributed by atoms with van der Waals surface area (Å²) in [7, 11) is 3.09. The second kappa shape index (κ2) is 8.49. The summed E-state index contributed by atoms with van der Waals surface area (Å²) in [5, 5.41) is 2.43. The lowest BCUT2D eigenvalue weighted by Crippen LogP contribution is -2.21. The summed E-state index contributed by atoms with van der Waals surface area (Å²) in [5.74, 6) is 0.541. The van der Waals surface area contributed by atoms with E-state index in [1.54, 1.807) is 7.11 Å². The van der Waals surface area contributed by atoms with Crippen LogP contribution < -0.4 is 4.74 Å². The van der Waals surface area contributed by atoms with E-state index in [9.17, 15) is 4.79 Å². The summed E-state index contributed by atoms with van der Waals surface area (Å²) in [6.45, 7) is 4.63. The van der Waals surface area contributed by atoms with Gasteiger partial charge in [0.25, 0.3) is 0 Å². The number of esters is 1. The largest absolute Gasteiger partial charge is 0.497 e. The molecule has 0 atom stereocenters. The van der Waals surface area contributed by atoms with Gasteiger partial charge in [0.05, 0.1) is 19.8 Å². The normalized spacial score (nSPS) is 14.3. The molecule has 4 aromatic carbocycles. The molecule has 0 amide bonds. The predicted octanol–water partition coefficient (Wildman–Crippen LogP) is 7.42. The first-order chi connectivity index (χ1) is 16.4. The second-order valence-electron chi connectivity index (χ2n) is 9.46. The molecule has 5 rings (SSSR count). The van der Waals surface area contributed by atoms with E-state index in [2.05, 4.69) is 62.4 Å². The van der Waals surface area contributed by atoms with Crippen molar-refractivity contribution >= 4 is 22.3 Å². The Morgan fingerprint density at radius 1 is 0.765 bits per heavy atom. The first-order valence-electron chi connectivity index (χ1n) is 11.5. The molecule has 34 heavy (non-hydrogen) atoms. The number of ether oxygens (including phenoxy) is 2. The van der Waals surface area contributed by atoms with E-state index in [0.29, 0.717) is 5.56 Å². The summed E-state index contributed by atoms with van der Waals surface area (Å²) in [6, 6.07) is 27.1. The quantitative estimate of drug-likeness (QED) is 0.305. The van der Waals surface area contributed by atoms with Gasteiger partial charge in [-0.3, -0.25) is 0 Å². The van der Waals surface area contributed by atoms with Gasteiger partial charge in [-0.05, 0) is 98.5 Å². The minimum Gasteiger partial charge on any atom is -0.497 e. The smallest absolute Gasteiger partial charge is 0.337 e. The molecule has 0 saturated carbocycles. The Bertz CT molecular complexity index is 1410. The average molecular weight is 449 g/mol. The minimum absolute atomic E-state index is 0.0713. The molecule has 3 heteroatoms. The highest BCUT2D eigenvalue weighted by Crippen LogP contribution is 2.43. The fourth-order valence-electron chi connectivity index (χ4n) is 4.80. The molecule has 0 bridgehead atoms. The van der Waals surface area contributed by atoms with Crippen LogP contribution in [0.1, 0.15) is 47.3 Å². The Hall–Kier alpha value is -3.85. The summed E-state index contributed by atoms with van der Waals surface area (Å²) in [5.41, 5.74) is 7.95. The van der Waals surface area contributed by atoms with Crippen LogP contribution in [0, 0.1) is 0 Å². The Kier molecular flexibility index (Phi) is 5.49. The molecular weight excluding hydrogens is 420 g/mol. The maximum Gasteiger partial charge on any atom is 0.337 e. The Morgan fingerprint density at radius 3 is 2.12 bits per heavy atom. The Morgan fingerprint density at radius 2 is 1.44 bits per heavy atom. The van der Waals surface area contributed by atoms with Crippen molar-refractivity contribution < 1.29 is 14.3 Å². The molecule has 0 heterocycles. The summed E-state index contributed by atoms with van der Waals surface area (Å²) >= 11 is 0. The molecule has 0 aromatic heterocycles. The number of carbonyl (C=O) groups excluding carboxylic acids is 1. The lowest BCUT2D eigenvalue weighted by Gasteiger charge is -2.33. The van der Waals surface area contributed by atoms with E-state index >= 15 is 0 Å². The lowest BCUT2D eigenvalue weighted by molar-refractivity contribution is 0.0600. The van der Waals surface area contributed by atoms with E-state index < -0.39 is 0 Å². The zero-order valence-electron chi connectivity index (χ0n) is 20.0. The minimum atomic E-state index is -0.322. The zero-order chi connectivity index (χ0) is 23.9. The predicted molar refractivity (Wildman–Crippen MR) is 138 cm³/mol. The van der Waals surface area contributed by atoms with Gasteiger partial charge in [0.1, 0.15) is 5.75 Å². The van der Waals surface area contributed by atoms with Gasteiger partial charge in [-0.1, -0.05) is 56.3 Å². The average Bonchev–Trinajstić information content (AvgIpc) is 2.87. The lowest BCUT2D eigenvalue weighted by atomic mass is 9.71. The van der Waals surface area contributed by atoms with Crippen LogP contribution in [-0.4, -0.2) is 20.2 Å². The molecule has 1 aliphatic carbocycles. The molecule has 0 aliphatic heterocycles. The number of fused-ring (bicyclic) bond motifs is 2. The van der Waals surface area contributed by atoms with Gasteiger partial charge in [-0.2, -0.15) is 0 Å². The van der Waals surface area contributed by atoms with E-state index in [1.165, 1.54) is 40.1 Å². The summed E-state index contributed by atoms with van der Waals surface area (Å²) in [6.07, 6.45) is 3.36. The first-order valence-corrected chi connectivity index (χ1v) is 11.5. The second-order valence-corrected chi connectivity index (χ2v) is 9.46. The summed E-state index contributed by atoms with van der Waals surface area (Å²) < 4.78 is 10.2. The molecule has 0 saturated heterocycles. The van der Waals surface area contributed by atoms with E-state index in [4.69, 9.17) is 9.47 Å². The fraction of sp³-hybridized carbons (Fsp3) is 0.194. The maximum absolute atomic E-state index is 11.8. The first kappa shape index (κ1) is 22.0. The van der Waals surface area contributed by atoms with Crippen molar-refractivity contribution in [3.05, 3.63) is 107 Å². The molecule has 0 unspecified atom stereocenters. The van der Waals surface area contributed by atoms with Crippen molar-refractivity contribution in [3.63, 3.8) is 0 Å². The molecule has 0 spiro atoms. The van der Waals surface area contributed by atoms with Gasteiger partial charge in [-0.15, -0.1) is 0 Å². The van der Waals surface area contributed by atoms with Crippen LogP contribution in [0.2, 0.25) is 0 Å². The molecule has 4 aromatic rings. The molecule has 3 nitrogen and oxygen atoms in total. The molecule has 170 valence electrons. The molecule has 0 radical (unpaired) electrons. The number of allylic oxidation sites excluding steroid dienone is 1. The molecular formula is C31H28O3. The Labute approximate surface area is 200 Å². The van der Waals surface area contributed by atoms with Crippen molar-refractivity contribution in [2.75, 3.05) is 14.2 Å². The van der Waals surface area contributed by atoms with Gasteiger partial charge >= 0.3 is 5.97 Å². The highest BCUT2D eigenvalue weighted by molar-refractivity contribution is 5.95. The molecule has 0 N–H and O–H groups in total. The topological polar surface area (TPSA) is 35.5 Å². The third kappa shape index (κ3) is 3.88. The van der Waals surface area contributed by atoms with Gasteiger partial charge < -0.3 is 9.47 Å². The van der Waals surface area contributed by atoms with Crippen molar-refractivity contribution in [3.8, 4) is 16.9 Å². The van der Waals surface area contributed by atoms with Crippen LogP contribution >= 0.6 is 0 Å². The number of hydrogen-bond acceptors (Lipinski definition) is 3. The maximum atomic E-state index is 11.8. The van der Waals surface area contributed by atoms with Crippen LogP contribution in [0.4, 0.5) is 0 Å². The van der Waals surface area contributed by atoms with Gasteiger partial charge in [0.15, 0.2) is 0 Å². The number of benzene rings is 4. The monoisotopic (exact) mass is 448 g/mol. The molecule has 0 fully saturated rings. The number of carbonyl (C=O) groups is 1. The van der Waals surface area contributed by atoms with Crippen LogP contribution in [0.25, 0.3) is 27.5 Å². The summed E-state index contributed by atoms with van der Waals surface area (Å²) in [4.78, 5) is 11.8. The molecule has 1 aliphatic rings. The highest BCUT2D eigenvalue weighted by Gasteiger charge is 2.29. The van der Waals surface area contributed by atoms with E-state index in [-0.39, 0.29) is 11.4 Å². The van der Waals surface area contributed by atoms with E-state index in [0.717, 1.165) is 23.3 Å². The van der Waals surface area contributed by atoms with Crippen LogP contribution in [-0.2, 0) is 10.2 Å². The number of hydrogen-bond donors (Lipinski definition) is 0. The number of methoxy groups -OCH3 is 2. The third-order valence-corrected chi connectivity index (χ3v) is 6.85. The van der Waals surface area contributed by atoms with Gasteiger partial charge in [0.2, 0.25) is 0 Å². The standard InChI is InChI=1S/C31H28O3/c1-31(2)16-15-27(21-11-13-26(33-3)14-12-21)28-18-25-17-23(9-10-24(25)19-29(28)31)20-5-7-22(8-6-20)30(32)34-4/h5-15,17-19H,16H2,1-4H3. The van der Waals surface area contributed by atoms with Crippen LogP contribution in [0.3, 0.4) is 0 Å². The Balaban J connectivity index is 1.60. The zero-order valence-corrected chi connectivity index (χ0v) is 20.0. The van der Waals surface area contributed by atoms with Crippen LogP contribution in [0.15, 0.2) is 84.9 Å². The van der Waals surface area contributed by atoms with Crippen LogP contribution in [0.5, 0.6) is 5.75 Å². The third-order valence-electron chi connectivity index (χ3n) is 6.85. The fourth-order valence-corrected chi connectivity index (χ4v) is 4.80. The van der Waals surface area contributed by atoms with Gasteiger partial charge in [-0.25, -0.2) is 4.79 Å². The van der Waals surface area contributed by atoms with Crippen molar-refractivity contribution in [2.24, 2.45) is 0 Å².